The lowest BCUT2D eigenvalue weighted by Gasteiger charge is -2.30. The van der Waals surface area contributed by atoms with Crippen molar-refractivity contribution in [1.29, 1.82) is 0 Å². The fraction of sp³-hybridized carbons (Fsp3) is 1.00. The average Bonchev–Trinajstić information content (AvgIpc) is 2.59. The van der Waals surface area contributed by atoms with Crippen LogP contribution in [-0.2, 0) is 4.74 Å². The van der Waals surface area contributed by atoms with Crippen LogP contribution in [0.15, 0.2) is 0 Å². The molecule has 0 aromatic carbocycles. The first kappa shape index (κ1) is 8.28. The van der Waals surface area contributed by atoms with E-state index in [2.05, 4.69) is 20.8 Å². The molecule has 1 heteroatoms. The molecule has 0 aromatic rings. The summed E-state index contributed by atoms with van der Waals surface area (Å²) in [7, 11) is 0. The van der Waals surface area contributed by atoms with Crippen LogP contribution in [0.25, 0.3) is 0 Å². The first-order valence-electron chi connectivity index (χ1n) is 5.72. The van der Waals surface area contributed by atoms with Crippen molar-refractivity contribution in [3.63, 3.8) is 0 Å². The number of fused-ring (bicyclic) bond motifs is 5. The Morgan fingerprint density at radius 2 is 1.69 bits per heavy atom. The number of hydrogen-bond donors (Lipinski definition) is 0. The maximum Gasteiger partial charge on any atom is 0.0616 e. The van der Waals surface area contributed by atoms with Crippen LogP contribution in [0.2, 0.25) is 0 Å². The second-order valence-corrected chi connectivity index (χ2v) is 6.23. The van der Waals surface area contributed by atoms with Gasteiger partial charge in [0.25, 0.3) is 0 Å². The second kappa shape index (κ2) is 2.31. The van der Waals surface area contributed by atoms with E-state index in [0.717, 1.165) is 23.7 Å². The van der Waals surface area contributed by atoms with Gasteiger partial charge in [0, 0.05) is 0 Å². The largest absolute Gasteiger partial charge is 0.372 e. The highest BCUT2D eigenvalue weighted by atomic mass is 16.5. The Hall–Kier alpha value is -0.0400. The molecule has 3 rings (SSSR count). The third kappa shape index (κ3) is 1.24. The predicted molar refractivity (Wildman–Crippen MR) is 52.4 cm³/mol. The number of ether oxygens (including phenoxy) is 1. The topological polar surface area (TPSA) is 9.23 Å². The van der Waals surface area contributed by atoms with Crippen LogP contribution in [0.1, 0.15) is 40.0 Å². The summed E-state index contributed by atoms with van der Waals surface area (Å²) in [5, 5.41) is 0. The van der Waals surface area contributed by atoms with Crippen molar-refractivity contribution < 1.29 is 4.74 Å². The molecule has 5 unspecified atom stereocenters. The van der Waals surface area contributed by atoms with Gasteiger partial charge in [0.1, 0.15) is 0 Å². The summed E-state index contributed by atoms with van der Waals surface area (Å²) in [5.41, 5.74) is 0.0690. The molecule has 0 saturated heterocycles. The van der Waals surface area contributed by atoms with Gasteiger partial charge in [-0.3, -0.25) is 0 Å². The Morgan fingerprint density at radius 3 is 2.23 bits per heavy atom. The van der Waals surface area contributed by atoms with Crippen LogP contribution in [0, 0.1) is 23.7 Å². The molecule has 74 valence electrons. The van der Waals surface area contributed by atoms with Crippen molar-refractivity contribution in [2.45, 2.75) is 51.7 Å². The Labute approximate surface area is 80.8 Å². The molecule has 0 radical (unpaired) electrons. The lowest BCUT2D eigenvalue weighted by Crippen LogP contribution is -2.31. The van der Waals surface area contributed by atoms with Gasteiger partial charge in [-0.15, -0.1) is 0 Å². The third-order valence-electron chi connectivity index (χ3n) is 4.14. The molecule has 0 aromatic heterocycles. The van der Waals surface area contributed by atoms with Crippen molar-refractivity contribution in [2.24, 2.45) is 23.7 Å². The van der Waals surface area contributed by atoms with Crippen molar-refractivity contribution in [2.75, 3.05) is 0 Å². The molecule has 0 heterocycles. The number of hydrogen-bond acceptors (Lipinski definition) is 1. The van der Waals surface area contributed by atoms with E-state index in [1.165, 1.54) is 19.3 Å². The molecule has 0 N–H and O–H groups in total. The van der Waals surface area contributed by atoms with Crippen molar-refractivity contribution in [3.05, 3.63) is 0 Å². The lowest BCUT2D eigenvalue weighted by molar-refractivity contribution is -0.0838. The molecule has 3 aliphatic carbocycles. The summed E-state index contributed by atoms with van der Waals surface area (Å²) >= 11 is 0. The normalized spacial score (nSPS) is 52.4. The monoisotopic (exact) mass is 180 g/mol. The van der Waals surface area contributed by atoms with Crippen LogP contribution in [0.5, 0.6) is 0 Å². The van der Waals surface area contributed by atoms with Gasteiger partial charge < -0.3 is 4.74 Å². The molecule has 3 aliphatic rings. The minimum absolute atomic E-state index is 0.0690. The summed E-state index contributed by atoms with van der Waals surface area (Å²) in [5.74, 6) is 4.19. The Morgan fingerprint density at radius 1 is 0.923 bits per heavy atom. The molecule has 1 nitrogen and oxygen atoms in total. The van der Waals surface area contributed by atoms with Gasteiger partial charge in [-0.25, -0.2) is 0 Å². The Kier molecular flexibility index (Phi) is 1.47. The summed E-state index contributed by atoms with van der Waals surface area (Å²) in [4.78, 5) is 0. The Bertz CT molecular complexity index is 228. The smallest absolute Gasteiger partial charge is 0.0616 e. The van der Waals surface area contributed by atoms with Crippen LogP contribution in [0.3, 0.4) is 0 Å². The standard InChI is InChI=1S/C12H20O/c1-12(2,3)13-11-5-7-4-10(11)9-6-8(7)9/h7-11H,4-6H2,1-3H3. The first-order chi connectivity index (χ1) is 6.04. The second-order valence-electron chi connectivity index (χ2n) is 6.23. The van der Waals surface area contributed by atoms with Crippen molar-refractivity contribution >= 4 is 0 Å². The zero-order valence-corrected chi connectivity index (χ0v) is 8.92. The van der Waals surface area contributed by atoms with Gasteiger partial charge >= 0.3 is 0 Å². The molecule has 0 aliphatic heterocycles. The van der Waals surface area contributed by atoms with Gasteiger partial charge in [-0.05, 0) is 63.7 Å². The molecule has 3 fully saturated rings. The van der Waals surface area contributed by atoms with E-state index >= 15 is 0 Å². The van der Waals surface area contributed by atoms with E-state index < -0.39 is 0 Å². The summed E-state index contributed by atoms with van der Waals surface area (Å²) in [6.45, 7) is 6.55. The quantitative estimate of drug-likeness (QED) is 0.603. The van der Waals surface area contributed by atoms with Gasteiger partial charge in [0.15, 0.2) is 0 Å². The molecule has 0 amide bonds. The van der Waals surface area contributed by atoms with Crippen LogP contribution in [-0.4, -0.2) is 11.7 Å². The van der Waals surface area contributed by atoms with E-state index in [0.29, 0.717) is 6.10 Å². The first-order valence-corrected chi connectivity index (χ1v) is 5.72. The molecular weight excluding hydrogens is 160 g/mol. The lowest BCUT2D eigenvalue weighted by atomic mass is 9.97. The SMILES string of the molecule is CC(C)(C)OC1CC2CC1C1CC21. The van der Waals surface area contributed by atoms with Gasteiger partial charge in [0.2, 0.25) is 0 Å². The van der Waals surface area contributed by atoms with Crippen LogP contribution >= 0.6 is 0 Å². The highest BCUT2D eigenvalue weighted by molar-refractivity contribution is 5.10. The molecule has 2 bridgehead atoms. The highest BCUT2D eigenvalue weighted by Crippen LogP contribution is 2.66. The van der Waals surface area contributed by atoms with Crippen LogP contribution < -0.4 is 0 Å². The van der Waals surface area contributed by atoms with Crippen LogP contribution in [0.4, 0.5) is 0 Å². The minimum atomic E-state index is 0.0690. The van der Waals surface area contributed by atoms with E-state index in [1.54, 1.807) is 0 Å². The fourth-order valence-electron chi connectivity index (χ4n) is 3.73. The summed E-state index contributed by atoms with van der Waals surface area (Å²) in [6.07, 6.45) is 4.98. The molecular formula is C12H20O. The molecule has 3 saturated carbocycles. The Balaban J connectivity index is 1.68. The van der Waals surface area contributed by atoms with E-state index in [-0.39, 0.29) is 5.60 Å². The zero-order valence-electron chi connectivity index (χ0n) is 8.92. The average molecular weight is 180 g/mol. The maximum atomic E-state index is 6.13. The minimum Gasteiger partial charge on any atom is -0.372 e. The highest BCUT2D eigenvalue weighted by Gasteiger charge is 2.61. The summed E-state index contributed by atoms with van der Waals surface area (Å²) in [6, 6.07) is 0. The number of rotatable bonds is 1. The van der Waals surface area contributed by atoms with E-state index in [1.807, 2.05) is 0 Å². The van der Waals surface area contributed by atoms with E-state index in [9.17, 15) is 0 Å². The molecule has 5 atom stereocenters. The van der Waals surface area contributed by atoms with Gasteiger partial charge in [0.05, 0.1) is 11.7 Å². The van der Waals surface area contributed by atoms with Crippen molar-refractivity contribution in [1.82, 2.24) is 0 Å². The predicted octanol–water partition coefficient (Wildman–Crippen LogP) is 2.85. The van der Waals surface area contributed by atoms with Gasteiger partial charge in [-0.1, -0.05) is 0 Å². The van der Waals surface area contributed by atoms with E-state index in [4.69, 9.17) is 4.74 Å². The molecule has 0 spiro atoms. The maximum absolute atomic E-state index is 6.13. The van der Waals surface area contributed by atoms with Gasteiger partial charge in [-0.2, -0.15) is 0 Å². The summed E-state index contributed by atoms with van der Waals surface area (Å²) < 4.78 is 6.13. The fourth-order valence-corrected chi connectivity index (χ4v) is 3.73. The zero-order chi connectivity index (χ0) is 9.22. The van der Waals surface area contributed by atoms with Crippen molar-refractivity contribution in [3.8, 4) is 0 Å². The third-order valence-corrected chi connectivity index (χ3v) is 4.14. The molecule has 13 heavy (non-hydrogen) atoms.